The fraction of sp³-hybridized carbons (Fsp3) is 0.562. The minimum Gasteiger partial charge on any atom is -0.465 e. The Morgan fingerprint density at radius 1 is 1.37 bits per heavy atom. The van der Waals surface area contributed by atoms with Crippen molar-refractivity contribution in [2.24, 2.45) is 0 Å². The van der Waals surface area contributed by atoms with Crippen LogP contribution in [0.5, 0.6) is 0 Å². The molecule has 1 saturated carbocycles. The van der Waals surface area contributed by atoms with Gasteiger partial charge in [-0.2, -0.15) is 0 Å². The molecular formula is C16H23NO2. The van der Waals surface area contributed by atoms with Gasteiger partial charge >= 0.3 is 5.97 Å². The van der Waals surface area contributed by atoms with E-state index in [2.05, 4.69) is 5.32 Å². The van der Waals surface area contributed by atoms with Crippen molar-refractivity contribution < 1.29 is 9.53 Å². The summed E-state index contributed by atoms with van der Waals surface area (Å²) in [4.78, 5) is 12.6. The zero-order valence-corrected chi connectivity index (χ0v) is 11.8. The van der Waals surface area contributed by atoms with Crippen molar-refractivity contribution in [3.8, 4) is 0 Å². The Kier molecular flexibility index (Phi) is 4.59. The van der Waals surface area contributed by atoms with Crippen LogP contribution in [0, 0.1) is 0 Å². The minimum atomic E-state index is -0.524. The van der Waals surface area contributed by atoms with E-state index in [1.54, 1.807) is 0 Å². The van der Waals surface area contributed by atoms with E-state index in [1.807, 2.05) is 44.3 Å². The predicted octanol–water partition coefficient (Wildman–Crippen LogP) is 2.65. The van der Waals surface area contributed by atoms with Crippen molar-refractivity contribution in [3.05, 3.63) is 35.9 Å². The van der Waals surface area contributed by atoms with Crippen LogP contribution in [-0.4, -0.2) is 25.7 Å². The minimum absolute atomic E-state index is 0.0831. The summed E-state index contributed by atoms with van der Waals surface area (Å²) < 4.78 is 5.39. The van der Waals surface area contributed by atoms with Crippen LogP contribution in [-0.2, 0) is 14.9 Å². The average Bonchev–Trinajstić information content (AvgIpc) is 2.48. The maximum atomic E-state index is 12.6. The van der Waals surface area contributed by atoms with Gasteiger partial charge in [-0.25, -0.2) is 0 Å². The Morgan fingerprint density at radius 2 is 2.11 bits per heavy atom. The van der Waals surface area contributed by atoms with E-state index in [-0.39, 0.29) is 12.0 Å². The third kappa shape index (κ3) is 2.52. The van der Waals surface area contributed by atoms with E-state index >= 15 is 0 Å². The second-order valence-electron chi connectivity index (χ2n) is 5.14. The number of hydrogen-bond donors (Lipinski definition) is 1. The van der Waals surface area contributed by atoms with Gasteiger partial charge in [0.1, 0.15) is 5.41 Å². The summed E-state index contributed by atoms with van der Waals surface area (Å²) >= 11 is 0. The molecule has 1 aromatic carbocycles. The second kappa shape index (κ2) is 6.20. The zero-order valence-electron chi connectivity index (χ0n) is 11.8. The summed E-state index contributed by atoms with van der Waals surface area (Å²) in [6, 6.07) is 10.2. The van der Waals surface area contributed by atoms with E-state index in [1.165, 1.54) is 6.42 Å². The van der Waals surface area contributed by atoms with Crippen LogP contribution in [0.15, 0.2) is 30.3 Å². The number of rotatable bonds is 4. The Labute approximate surface area is 115 Å². The standard InChI is InChI=1S/C16H23NO2/c1-3-19-15(18)16(13-9-5-4-6-10-13)12-8-7-11-14(16)17-2/h4-6,9-10,14,17H,3,7-8,11-12H2,1-2H3. The summed E-state index contributed by atoms with van der Waals surface area (Å²) in [6.07, 6.45) is 4.12. The van der Waals surface area contributed by atoms with Crippen LogP contribution >= 0.6 is 0 Å². The first-order valence-corrected chi connectivity index (χ1v) is 7.15. The van der Waals surface area contributed by atoms with E-state index in [4.69, 9.17) is 4.74 Å². The van der Waals surface area contributed by atoms with Crippen molar-refractivity contribution in [3.63, 3.8) is 0 Å². The maximum Gasteiger partial charge on any atom is 0.318 e. The molecule has 0 amide bonds. The quantitative estimate of drug-likeness (QED) is 0.847. The topological polar surface area (TPSA) is 38.3 Å². The summed E-state index contributed by atoms with van der Waals surface area (Å²) in [5, 5.41) is 3.33. The third-order valence-electron chi connectivity index (χ3n) is 4.19. The summed E-state index contributed by atoms with van der Waals surface area (Å²) in [5.41, 5.74) is 0.553. The largest absolute Gasteiger partial charge is 0.465 e. The zero-order chi connectivity index (χ0) is 13.7. The first kappa shape index (κ1) is 14.1. The molecule has 1 aliphatic carbocycles. The fourth-order valence-corrected chi connectivity index (χ4v) is 3.27. The van der Waals surface area contributed by atoms with Crippen molar-refractivity contribution >= 4 is 5.97 Å². The maximum absolute atomic E-state index is 12.6. The number of hydrogen-bond acceptors (Lipinski definition) is 3. The molecule has 2 rings (SSSR count). The summed E-state index contributed by atoms with van der Waals surface area (Å²) in [5.74, 6) is -0.0831. The van der Waals surface area contributed by atoms with Gasteiger partial charge in [0.25, 0.3) is 0 Å². The Bertz CT molecular complexity index is 418. The number of nitrogens with one attached hydrogen (secondary N) is 1. The van der Waals surface area contributed by atoms with Gasteiger partial charge in [-0.15, -0.1) is 0 Å². The number of esters is 1. The number of carbonyl (C=O) groups excluding carboxylic acids is 1. The van der Waals surface area contributed by atoms with Gasteiger partial charge in [-0.1, -0.05) is 43.2 Å². The van der Waals surface area contributed by atoms with Gasteiger partial charge in [0, 0.05) is 6.04 Å². The molecule has 0 spiro atoms. The van der Waals surface area contributed by atoms with Gasteiger partial charge in [-0.3, -0.25) is 4.79 Å². The lowest BCUT2D eigenvalue weighted by atomic mass is 9.66. The van der Waals surface area contributed by atoms with Gasteiger partial charge in [0.05, 0.1) is 6.61 Å². The number of carbonyl (C=O) groups is 1. The average molecular weight is 261 g/mol. The van der Waals surface area contributed by atoms with Crippen molar-refractivity contribution in [1.29, 1.82) is 0 Å². The highest BCUT2D eigenvalue weighted by molar-refractivity contribution is 5.84. The molecule has 0 bridgehead atoms. The molecule has 19 heavy (non-hydrogen) atoms. The third-order valence-corrected chi connectivity index (χ3v) is 4.19. The number of benzene rings is 1. The fourth-order valence-electron chi connectivity index (χ4n) is 3.27. The van der Waals surface area contributed by atoms with Gasteiger partial charge in [0.15, 0.2) is 0 Å². The Morgan fingerprint density at radius 3 is 2.74 bits per heavy atom. The molecule has 1 aromatic rings. The molecule has 1 fully saturated rings. The predicted molar refractivity (Wildman–Crippen MR) is 76.1 cm³/mol. The number of ether oxygens (including phenoxy) is 1. The monoisotopic (exact) mass is 261 g/mol. The van der Waals surface area contributed by atoms with E-state index in [0.29, 0.717) is 6.61 Å². The molecule has 3 nitrogen and oxygen atoms in total. The summed E-state index contributed by atoms with van der Waals surface area (Å²) in [7, 11) is 1.94. The SMILES string of the molecule is CCOC(=O)C1(c2ccccc2)CCCCC1NC. The van der Waals surface area contributed by atoms with Crippen molar-refractivity contribution in [2.75, 3.05) is 13.7 Å². The second-order valence-corrected chi connectivity index (χ2v) is 5.14. The van der Waals surface area contributed by atoms with Crippen LogP contribution in [0.2, 0.25) is 0 Å². The van der Waals surface area contributed by atoms with Gasteiger partial charge in [-0.05, 0) is 32.4 Å². The molecule has 0 aromatic heterocycles. The first-order chi connectivity index (χ1) is 9.25. The molecule has 0 heterocycles. The smallest absolute Gasteiger partial charge is 0.318 e. The lowest BCUT2D eigenvalue weighted by Crippen LogP contribution is -2.55. The lowest BCUT2D eigenvalue weighted by Gasteiger charge is -2.42. The molecular weight excluding hydrogens is 238 g/mol. The van der Waals surface area contributed by atoms with Crippen LogP contribution < -0.4 is 5.32 Å². The van der Waals surface area contributed by atoms with E-state index in [0.717, 1.165) is 24.8 Å². The number of likely N-dealkylation sites (N-methyl/N-ethyl adjacent to an activating group) is 1. The van der Waals surface area contributed by atoms with Crippen LogP contribution in [0.3, 0.4) is 0 Å². The first-order valence-electron chi connectivity index (χ1n) is 7.15. The van der Waals surface area contributed by atoms with Crippen LogP contribution in [0.4, 0.5) is 0 Å². The molecule has 1 aliphatic rings. The molecule has 2 atom stereocenters. The van der Waals surface area contributed by atoms with E-state index < -0.39 is 5.41 Å². The summed E-state index contributed by atoms with van der Waals surface area (Å²) in [6.45, 7) is 2.30. The van der Waals surface area contributed by atoms with Crippen LogP contribution in [0.25, 0.3) is 0 Å². The Balaban J connectivity index is 2.45. The van der Waals surface area contributed by atoms with Crippen LogP contribution in [0.1, 0.15) is 38.2 Å². The molecule has 104 valence electrons. The normalized spacial score (nSPS) is 26.9. The molecule has 0 radical (unpaired) electrons. The highest BCUT2D eigenvalue weighted by Crippen LogP contribution is 2.40. The van der Waals surface area contributed by atoms with Gasteiger partial charge < -0.3 is 10.1 Å². The molecule has 0 aliphatic heterocycles. The van der Waals surface area contributed by atoms with E-state index in [9.17, 15) is 4.79 Å². The van der Waals surface area contributed by atoms with Gasteiger partial charge in [0.2, 0.25) is 0 Å². The highest BCUT2D eigenvalue weighted by atomic mass is 16.5. The molecule has 2 unspecified atom stereocenters. The molecule has 1 N–H and O–H groups in total. The van der Waals surface area contributed by atoms with Crippen molar-refractivity contribution in [1.82, 2.24) is 5.32 Å². The van der Waals surface area contributed by atoms with Crippen molar-refractivity contribution in [2.45, 2.75) is 44.1 Å². The Hall–Kier alpha value is -1.35. The molecule has 0 saturated heterocycles. The lowest BCUT2D eigenvalue weighted by molar-refractivity contribution is -0.153. The highest BCUT2D eigenvalue weighted by Gasteiger charge is 2.48. The molecule has 3 heteroatoms.